The van der Waals surface area contributed by atoms with Crippen LogP contribution in [0.25, 0.3) is 10.4 Å². The lowest BCUT2D eigenvalue weighted by molar-refractivity contribution is 0.723. The molecule has 2 heterocycles. The van der Waals surface area contributed by atoms with Gasteiger partial charge in [0.15, 0.2) is 0 Å². The topological polar surface area (TPSA) is 54.9 Å². The summed E-state index contributed by atoms with van der Waals surface area (Å²) >= 11 is 1.48. The van der Waals surface area contributed by atoms with E-state index in [4.69, 9.17) is 0 Å². The van der Waals surface area contributed by atoms with Crippen LogP contribution in [-0.2, 0) is 6.54 Å². The van der Waals surface area contributed by atoms with E-state index in [-0.39, 0.29) is 11.2 Å². The number of aromatic nitrogens is 2. The summed E-state index contributed by atoms with van der Waals surface area (Å²) in [4.78, 5) is 27.0. The lowest BCUT2D eigenvalue weighted by atomic mass is 10.2. The maximum absolute atomic E-state index is 11.9. The van der Waals surface area contributed by atoms with E-state index in [0.717, 1.165) is 10.4 Å². The summed E-state index contributed by atoms with van der Waals surface area (Å²) in [7, 11) is 0. The Morgan fingerprint density at radius 3 is 2.55 bits per heavy atom. The van der Waals surface area contributed by atoms with Gasteiger partial charge < -0.3 is 0 Å². The molecule has 0 radical (unpaired) electrons. The van der Waals surface area contributed by atoms with E-state index in [1.807, 2.05) is 47.8 Å². The lowest BCUT2D eigenvalue weighted by Gasteiger charge is -2.06. The molecule has 0 atom stereocenters. The van der Waals surface area contributed by atoms with Crippen molar-refractivity contribution in [2.45, 2.75) is 6.54 Å². The molecule has 0 aliphatic heterocycles. The minimum atomic E-state index is -0.390. The first kappa shape index (κ1) is 12.6. The van der Waals surface area contributed by atoms with Crippen LogP contribution in [0.3, 0.4) is 0 Å². The largest absolute Gasteiger partial charge is 0.328 e. The van der Waals surface area contributed by atoms with Gasteiger partial charge in [-0.3, -0.25) is 14.3 Å². The Kier molecular flexibility index (Phi) is 3.35. The van der Waals surface area contributed by atoms with Crippen LogP contribution in [0, 0.1) is 0 Å². The molecule has 0 saturated carbocycles. The Bertz CT molecular complexity index is 817. The van der Waals surface area contributed by atoms with Gasteiger partial charge in [-0.05, 0) is 17.0 Å². The van der Waals surface area contributed by atoms with Gasteiger partial charge in [0.25, 0.3) is 5.56 Å². The number of H-pyrrole nitrogens is 1. The molecule has 0 saturated heterocycles. The van der Waals surface area contributed by atoms with Gasteiger partial charge in [0.2, 0.25) is 0 Å². The summed E-state index contributed by atoms with van der Waals surface area (Å²) < 4.78 is 1.52. The average molecular weight is 284 g/mol. The van der Waals surface area contributed by atoms with Crippen molar-refractivity contribution in [3.8, 4) is 10.4 Å². The lowest BCUT2D eigenvalue weighted by Crippen LogP contribution is -2.30. The highest BCUT2D eigenvalue weighted by Gasteiger charge is 2.08. The summed E-state index contributed by atoms with van der Waals surface area (Å²) in [6.07, 6.45) is 1.62. The number of thiophene rings is 1. The molecule has 2 aromatic heterocycles. The zero-order valence-electron chi connectivity index (χ0n) is 10.6. The molecule has 0 spiro atoms. The number of rotatable bonds is 3. The third-order valence-electron chi connectivity index (χ3n) is 2.99. The Hall–Kier alpha value is -2.40. The fourth-order valence-electron chi connectivity index (χ4n) is 2.01. The summed E-state index contributed by atoms with van der Waals surface area (Å²) in [5.74, 6) is 0. The molecule has 0 bridgehead atoms. The van der Waals surface area contributed by atoms with Gasteiger partial charge in [-0.15, -0.1) is 11.3 Å². The van der Waals surface area contributed by atoms with Crippen LogP contribution in [0.15, 0.2) is 63.6 Å². The van der Waals surface area contributed by atoms with E-state index in [9.17, 15) is 9.59 Å². The van der Waals surface area contributed by atoms with Crippen LogP contribution in [0.2, 0.25) is 0 Å². The van der Waals surface area contributed by atoms with Crippen molar-refractivity contribution in [2.75, 3.05) is 0 Å². The van der Waals surface area contributed by atoms with Gasteiger partial charge >= 0.3 is 5.69 Å². The molecule has 3 rings (SSSR count). The molecule has 5 heteroatoms. The number of nitrogens with zero attached hydrogens (tertiary/aromatic N) is 1. The first-order valence-corrected chi connectivity index (χ1v) is 7.03. The molecule has 0 unspecified atom stereocenters. The fourth-order valence-corrected chi connectivity index (χ4v) is 2.75. The minimum absolute atomic E-state index is 0.346. The molecule has 0 amide bonds. The number of benzene rings is 1. The zero-order valence-corrected chi connectivity index (χ0v) is 11.4. The van der Waals surface area contributed by atoms with Gasteiger partial charge in [-0.2, -0.15) is 0 Å². The van der Waals surface area contributed by atoms with Crippen molar-refractivity contribution in [3.05, 3.63) is 80.4 Å². The molecule has 1 N–H and O–H groups in total. The van der Waals surface area contributed by atoms with E-state index in [2.05, 4.69) is 4.98 Å². The molecule has 20 heavy (non-hydrogen) atoms. The second kappa shape index (κ2) is 5.30. The second-order valence-electron chi connectivity index (χ2n) is 4.39. The second-order valence-corrected chi connectivity index (χ2v) is 5.34. The summed E-state index contributed by atoms with van der Waals surface area (Å²) in [5, 5.41) is 1.90. The van der Waals surface area contributed by atoms with E-state index < -0.39 is 0 Å². The van der Waals surface area contributed by atoms with E-state index >= 15 is 0 Å². The van der Waals surface area contributed by atoms with Gasteiger partial charge in [-0.25, -0.2) is 4.79 Å². The molecule has 0 fully saturated rings. The number of aromatic amines is 1. The predicted octanol–water partition coefficient (Wildman–Crippen LogP) is 2.31. The van der Waals surface area contributed by atoms with Crippen LogP contribution in [0.5, 0.6) is 0 Å². The van der Waals surface area contributed by atoms with E-state index in [0.29, 0.717) is 12.1 Å². The monoisotopic (exact) mass is 284 g/mol. The first-order chi connectivity index (χ1) is 9.74. The first-order valence-electron chi connectivity index (χ1n) is 6.15. The number of nitrogens with one attached hydrogen (secondary N) is 1. The molecule has 0 aliphatic carbocycles. The summed E-state index contributed by atoms with van der Waals surface area (Å²) in [6.45, 7) is 0.439. The smallest absolute Gasteiger partial charge is 0.296 e. The minimum Gasteiger partial charge on any atom is -0.296 e. The maximum Gasteiger partial charge on any atom is 0.328 e. The molecule has 100 valence electrons. The Labute approximate surface area is 119 Å². The van der Waals surface area contributed by atoms with Crippen LogP contribution < -0.4 is 11.2 Å². The van der Waals surface area contributed by atoms with Gasteiger partial charge in [0.1, 0.15) is 0 Å². The maximum atomic E-state index is 11.9. The Morgan fingerprint density at radius 2 is 1.85 bits per heavy atom. The van der Waals surface area contributed by atoms with Crippen molar-refractivity contribution in [2.24, 2.45) is 0 Å². The zero-order chi connectivity index (χ0) is 13.9. The SMILES string of the molecule is O=c1[nH]c(=O)n(Cc2ccccc2)cc1-c1cccs1. The number of hydrogen-bond acceptors (Lipinski definition) is 3. The molecule has 4 nitrogen and oxygen atoms in total. The van der Waals surface area contributed by atoms with Gasteiger partial charge in [0, 0.05) is 11.1 Å². The Morgan fingerprint density at radius 1 is 1.05 bits per heavy atom. The average Bonchev–Trinajstić information content (AvgIpc) is 2.97. The van der Waals surface area contributed by atoms with Crippen molar-refractivity contribution < 1.29 is 0 Å². The van der Waals surface area contributed by atoms with Gasteiger partial charge in [-0.1, -0.05) is 36.4 Å². The van der Waals surface area contributed by atoms with Crippen molar-refractivity contribution in [3.63, 3.8) is 0 Å². The third kappa shape index (κ3) is 2.48. The van der Waals surface area contributed by atoms with Crippen molar-refractivity contribution in [1.29, 1.82) is 0 Å². The van der Waals surface area contributed by atoms with Crippen molar-refractivity contribution in [1.82, 2.24) is 9.55 Å². The molecule has 3 aromatic rings. The van der Waals surface area contributed by atoms with Crippen LogP contribution in [0.4, 0.5) is 0 Å². The summed E-state index contributed by atoms with van der Waals surface area (Å²) in [5.41, 5.74) is 0.801. The normalized spacial score (nSPS) is 10.6. The van der Waals surface area contributed by atoms with Crippen LogP contribution in [0.1, 0.15) is 5.56 Å². The Balaban J connectivity index is 2.06. The fraction of sp³-hybridized carbons (Fsp3) is 0.0667. The standard InChI is InChI=1S/C15H12N2O2S/c18-14-12(13-7-4-8-20-13)10-17(15(19)16-14)9-11-5-2-1-3-6-11/h1-8,10H,9H2,(H,16,18,19). The predicted molar refractivity (Wildman–Crippen MR) is 80.2 cm³/mol. The summed E-state index contributed by atoms with van der Waals surface area (Å²) in [6, 6.07) is 13.4. The molecular weight excluding hydrogens is 272 g/mol. The van der Waals surface area contributed by atoms with Crippen LogP contribution >= 0.6 is 11.3 Å². The molecule has 0 aliphatic rings. The molecular formula is C15H12N2O2S. The third-order valence-corrected chi connectivity index (χ3v) is 3.90. The molecule has 1 aromatic carbocycles. The van der Waals surface area contributed by atoms with Crippen LogP contribution in [-0.4, -0.2) is 9.55 Å². The highest BCUT2D eigenvalue weighted by atomic mass is 32.1. The quantitative estimate of drug-likeness (QED) is 0.802. The van der Waals surface area contributed by atoms with Crippen molar-refractivity contribution >= 4 is 11.3 Å². The highest BCUT2D eigenvalue weighted by Crippen LogP contribution is 2.20. The van der Waals surface area contributed by atoms with E-state index in [1.165, 1.54) is 15.9 Å². The highest BCUT2D eigenvalue weighted by molar-refractivity contribution is 7.13. The van der Waals surface area contributed by atoms with Gasteiger partial charge in [0.05, 0.1) is 12.1 Å². The van der Waals surface area contributed by atoms with E-state index in [1.54, 1.807) is 6.20 Å². The number of hydrogen-bond donors (Lipinski definition) is 1.